The number of pyridine rings is 1. The van der Waals surface area contributed by atoms with Crippen molar-refractivity contribution in [2.75, 3.05) is 25.6 Å². The number of fused-ring (bicyclic) bond motifs is 1. The number of rotatable bonds is 6. The van der Waals surface area contributed by atoms with Gasteiger partial charge in [-0.1, -0.05) is 30.3 Å². The highest BCUT2D eigenvalue weighted by atomic mass is 16.5. The molecule has 0 atom stereocenters. The molecule has 0 bridgehead atoms. The summed E-state index contributed by atoms with van der Waals surface area (Å²) in [5, 5.41) is 3.11. The minimum atomic E-state index is -0.0169. The largest absolute Gasteiger partial charge is 0.381 e. The fraction of sp³-hybridized carbons (Fsp3) is 0.333. The molecule has 1 aliphatic carbocycles. The Morgan fingerprint density at radius 3 is 2.66 bits per heavy atom. The minimum absolute atomic E-state index is 0.0169. The van der Waals surface area contributed by atoms with Gasteiger partial charge in [0.1, 0.15) is 0 Å². The molecule has 5 heteroatoms. The van der Waals surface area contributed by atoms with Gasteiger partial charge in [-0.3, -0.25) is 14.7 Å². The Kier molecular flexibility index (Phi) is 7.36. The maximum atomic E-state index is 13.1. The first kappa shape index (κ1) is 23.5. The van der Waals surface area contributed by atoms with Crippen molar-refractivity contribution in [3.8, 4) is 11.1 Å². The molecule has 1 amide bonds. The number of amides is 1. The van der Waals surface area contributed by atoms with E-state index in [1.807, 2.05) is 24.4 Å². The third-order valence-electron chi connectivity index (χ3n) is 7.11. The zero-order valence-corrected chi connectivity index (χ0v) is 20.4. The number of nitrogens with one attached hydrogen (secondary N) is 1. The van der Waals surface area contributed by atoms with Crippen molar-refractivity contribution >= 4 is 17.7 Å². The monoisotopic (exact) mass is 467 g/mol. The fourth-order valence-corrected chi connectivity index (χ4v) is 5.03. The number of aryl methyl sites for hydroxylation is 1. The van der Waals surface area contributed by atoms with Crippen LogP contribution >= 0.6 is 0 Å². The van der Waals surface area contributed by atoms with Crippen LogP contribution in [0, 0.1) is 0 Å². The fourth-order valence-electron chi connectivity index (χ4n) is 5.03. The summed E-state index contributed by atoms with van der Waals surface area (Å²) in [6.45, 7) is 2.61. The van der Waals surface area contributed by atoms with E-state index in [0.29, 0.717) is 6.04 Å². The van der Waals surface area contributed by atoms with Crippen LogP contribution in [0.1, 0.15) is 42.4 Å². The topological polar surface area (TPSA) is 54.5 Å². The highest BCUT2D eigenvalue weighted by molar-refractivity contribution is 6.07. The number of hydrogen-bond donors (Lipinski definition) is 1. The van der Waals surface area contributed by atoms with Gasteiger partial charge in [0.15, 0.2) is 0 Å². The van der Waals surface area contributed by atoms with Crippen LogP contribution in [0.4, 0.5) is 5.69 Å². The molecule has 5 nitrogen and oxygen atoms in total. The number of anilines is 1. The lowest BCUT2D eigenvalue weighted by Crippen LogP contribution is -2.36. The average Bonchev–Trinajstić information content (AvgIpc) is 3.13. The summed E-state index contributed by atoms with van der Waals surface area (Å²) in [7, 11) is 2.18. The molecule has 2 heterocycles. The molecule has 180 valence electrons. The van der Waals surface area contributed by atoms with Crippen LogP contribution in [0.2, 0.25) is 0 Å². The van der Waals surface area contributed by atoms with Gasteiger partial charge in [0.05, 0.1) is 0 Å². The summed E-state index contributed by atoms with van der Waals surface area (Å²) in [6, 6.07) is 19.3. The third kappa shape index (κ3) is 5.87. The molecule has 0 saturated carbocycles. The van der Waals surface area contributed by atoms with Crippen molar-refractivity contribution in [1.82, 2.24) is 9.88 Å². The molecule has 2 aromatic carbocycles. The van der Waals surface area contributed by atoms with Crippen LogP contribution in [0.3, 0.4) is 0 Å². The number of benzene rings is 2. The molecule has 1 N–H and O–H groups in total. The normalized spacial score (nSPS) is 16.3. The molecule has 35 heavy (non-hydrogen) atoms. The van der Waals surface area contributed by atoms with Gasteiger partial charge in [-0.15, -0.1) is 0 Å². The van der Waals surface area contributed by atoms with Gasteiger partial charge in [-0.2, -0.15) is 0 Å². The number of hydrogen-bond acceptors (Lipinski definition) is 4. The highest BCUT2D eigenvalue weighted by Crippen LogP contribution is 2.29. The minimum Gasteiger partial charge on any atom is -0.381 e. The zero-order chi connectivity index (χ0) is 24.0. The van der Waals surface area contributed by atoms with E-state index in [0.717, 1.165) is 79.8 Å². The van der Waals surface area contributed by atoms with Crippen molar-refractivity contribution < 1.29 is 9.53 Å². The molecule has 3 aromatic rings. The lowest BCUT2D eigenvalue weighted by molar-refractivity contribution is -0.112. The highest BCUT2D eigenvalue weighted by Gasteiger charge is 2.19. The first-order chi connectivity index (χ1) is 17.2. The van der Waals surface area contributed by atoms with Gasteiger partial charge < -0.3 is 10.1 Å². The van der Waals surface area contributed by atoms with E-state index < -0.39 is 0 Å². The maximum absolute atomic E-state index is 13.1. The standard InChI is InChI=1S/C30H33N3O2/c1-33(29-13-16-35-17-14-29)21-22-7-11-28(12-8-22)32-30(34)25-5-2-4-23-9-10-24(18-27(23)19-25)26-6-3-15-31-20-26/h3,6-12,15,18-20,29H,2,4-5,13-14,16-17,21H2,1H3,(H,32,34). The third-order valence-corrected chi connectivity index (χ3v) is 7.11. The van der Waals surface area contributed by atoms with Gasteiger partial charge in [0, 0.05) is 55.0 Å². The molecule has 0 spiro atoms. The SMILES string of the molecule is CN(Cc1ccc(NC(=O)C2=Cc3cc(-c4cccnc4)ccc3CCC2)cc1)C1CCOCC1. The summed E-state index contributed by atoms with van der Waals surface area (Å²) < 4.78 is 5.48. The molecule has 1 saturated heterocycles. The van der Waals surface area contributed by atoms with Crippen LogP contribution < -0.4 is 5.32 Å². The molecule has 0 unspecified atom stereocenters. The van der Waals surface area contributed by atoms with Gasteiger partial charge >= 0.3 is 0 Å². The molecule has 5 rings (SSSR count). The number of ether oxygens (including phenoxy) is 1. The van der Waals surface area contributed by atoms with Crippen LogP contribution in [-0.4, -0.2) is 42.1 Å². The molecule has 1 aliphatic heterocycles. The van der Waals surface area contributed by atoms with E-state index in [2.05, 4.69) is 64.7 Å². The summed E-state index contributed by atoms with van der Waals surface area (Å²) in [5.41, 5.74) is 7.54. The Labute approximate surface area is 207 Å². The second-order valence-electron chi connectivity index (χ2n) is 9.59. The summed E-state index contributed by atoms with van der Waals surface area (Å²) in [5.74, 6) is -0.0169. The van der Waals surface area contributed by atoms with Crippen LogP contribution in [0.25, 0.3) is 17.2 Å². The maximum Gasteiger partial charge on any atom is 0.251 e. The second-order valence-corrected chi connectivity index (χ2v) is 9.59. The first-order valence-electron chi connectivity index (χ1n) is 12.6. The van der Waals surface area contributed by atoms with Crippen molar-refractivity contribution in [2.24, 2.45) is 0 Å². The molecule has 1 fully saturated rings. The molecule has 1 aromatic heterocycles. The number of aromatic nitrogens is 1. The molecule has 0 radical (unpaired) electrons. The van der Waals surface area contributed by atoms with E-state index in [1.54, 1.807) is 6.20 Å². The van der Waals surface area contributed by atoms with Gasteiger partial charge in [-0.25, -0.2) is 0 Å². The smallest absolute Gasteiger partial charge is 0.251 e. The van der Waals surface area contributed by atoms with E-state index in [9.17, 15) is 4.79 Å². The van der Waals surface area contributed by atoms with Gasteiger partial charge in [0.2, 0.25) is 0 Å². The summed E-state index contributed by atoms with van der Waals surface area (Å²) in [4.78, 5) is 19.8. The summed E-state index contributed by atoms with van der Waals surface area (Å²) in [6.07, 6.45) is 10.6. The van der Waals surface area contributed by atoms with Crippen molar-refractivity contribution in [3.05, 3.63) is 89.3 Å². The van der Waals surface area contributed by atoms with Crippen LogP contribution in [0.5, 0.6) is 0 Å². The number of carbonyl (C=O) groups is 1. The predicted octanol–water partition coefficient (Wildman–Crippen LogP) is 5.72. The average molecular weight is 468 g/mol. The van der Waals surface area contributed by atoms with Crippen molar-refractivity contribution in [2.45, 2.75) is 44.7 Å². The van der Waals surface area contributed by atoms with Crippen LogP contribution in [0.15, 0.2) is 72.6 Å². The Hall–Kier alpha value is -3.28. The van der Waals surface area contributed by atoms with E-state index >= 15 is 0 Å². The Morgan fingerprint density at radius 1 is 1.06 bits per heavy atom. The Bertz CT molecular complexity index is 1180. The quantitative estimate of drug-likeness (QED) is 0.504. The second kappa shape index (κ2) is 11.0. The van der Waals surface area contributed by atoms with Gasteiger partial charge in [-0.05, 0) is 91.7 Å². The van der Waals surface area contributed by atoms with Crippen LogP contribution in [-0.2, 0) is 22.5 Å². The van der Waals surface area contributed by atoms with Crippen molar-refractivity contribution in [3.63, 3.8) is 0 Å². The molecule has 2 aliphatic rings. The summed E-state index contributed by atoms with van der Waals surface area (Å²) >= 11 is 0. The Morgan fingerprint density at radius 2 is 1.89 bits per heavy atom. The predicted molar refractivity (Wildman–Crippen MR) is 141 cm³/mol. The van der Waals surface area contributed by atoms with Gasteiger partial charge in [0.25, 0.3) is 5.91 Å². The number of carbonyl (C=O) groups excluding carboxylic acids is 1. The lowest BCUT2D eigenvalue weighted by Gasteiger charge is -2.31. The Balaban J connectivity index is 1.26. The van der Waals surface area contributed by atoms with E-state index in [4.69, 9.17) is 4.74 Å². The molecular weight excluding hydrogens is 434 g/mol. The van der Waals surface area contributed by atoms with E-state index in [-0.39, 0.29) is 5.91 Å². The first-order valence-corrected chi connectivity index (χ1v) is 12.6. The van der Waals surface area contributed by atoms with Crippen molar-refractivity contribution in [1.29, 1.82) is 0 Å². The lowest BCUT2D eigenvalue weighted by atomic mass is 9.98. The van der Waals surface area contributed by atoms with E-state index in [1.165, 1.54) is 11.1 Å². The zero-order valence-electron chi connectivity index (χ0n) is 20.4. The molecular formula is C30H33N3O2. The number of nitrogens with zero attached hydrogens (tertiary/aromatic N) is 2.